The first-order valence-corrected chi connectivity index (χ1v) is 6.56. The Hall–Kier alpha value is -1.84. The van der Waals surface area contributed by atoms with Crippen LogP contribution in [0.3, 0.4) is 0 Å². The number of aromatic carboxylic acids is 1. The second-order valence-corrected chi connectivity index (χ2v) is 5.03. The molecule has 0 amide bonds. The van der Waals surface area contributed by atoms with Gasteiger partial charge >= 0.3 is 5.97 Å². The van der Waals surface area contributed by atoms with E-state index in [4.69, 9.17) is 9.84 Å². The van der Waals surface area contributed by atoms with Crippen LogP contribution in [-0.2, 0) is 4.79 Å². The Bertz CT molecular complexity index is 456. The molecule has 0 aliphatic heterocycles. The predicted octanol–water partition coefficient (Wildman–Crippen LogP) is 2.91. The zero-order valence-corrected chi connectivity index (χ0v) is 11.0. The van der Waals surface area contributed by atoms with Gasteiger partial charge in [-0.25, -0.2) is 4.79 Å². The summed E-state index contributed by atoms with van der Waals surface area (Å²) in [5, 5.41) is 8.81. The first kappa shape index (κ1) is 13.6. The molecule has 2 rings (SSSR count). The van der Waals surface area contributed by atoms with E-state index >= 15 is 0 Å². The molecule has 1 N–H and O–H groups in total. The summed E-state index contributed by atoms with van der Waals surface area (Å²) in [5.74, 6) is 0.211. The highest BCUT2D eigenvalue weighted by molar-refractivity contribution is 5.87. The van der Waals surface area contributed by atoms with Crippen molar-refractivity contribution >= 4 is 11.8 Å². The smallest absolute Gasteiger partial charge is 0.335 e. The van der Waals surface area contributed by atoms with E-state index in [1.807, 2.05) is 0 Å². The largest absolute Gasteiger partial charge is 0.490 e. The molecule has 1 aliphatic rings. The van der Waals surface area contributed by atoms with E-state index in [1.165, 1.54) is 0 Å². The molecule has 0 radical (unpaired) electrons. The fraction of sp³-hybridized carbons (Fsp3) is 0.467. The van der Waals surface area contributed by atoms with Crippen molar-refractivity contribution < 1.29 is 19.4 Å². The Kier molecular flexibility index (Phi) is 4.20. The molecule has 1 aromatic rings. The van der Waals surface area contributed by atoms with Gasteiger partial charge in [0, 0.05) is 5.92 Å². The topological polar surface area (TPSA) is 63.6 Å². The van der Waals surface area contributed by atoms with Crippen molar-refractivity contribution in [2.24, 2.45) is 5.92 Å². The average molecular weight is 262 g/mol. The Morgan fingerprint density at radius 2 is 1.68 bits per heavy atom. The number of carboxylic acids is 1. The summed E-state index contributed by atoms with van der Waals surface area (Å²) in [6, 6.07) is 6.44. The van der Waals surface area contributed by atoms with Crippen LogP contribution in [0.2, 0.25) is 0 Å². The van der Waals surface area contributed by atoms with Gasteiger partial charge in [-0.2, -0.15) is 0 Å². The summed E-state index contributed by atoms with van der Waals surface area (Å²) < 4.78 is 5.81. The molecule has 0 saturated heterocycles. The molecule has 4 nitrogen and oxygen atoms in total. The Balaban J connectivity index is 1.88. The summed E-state index contributed by atoms with van der Waals surface area (Å²) in [6.07, 6.45) is 3.65. The quantitative estimate of drug-likeness (QED) is 0.906. The fourth-order valence-corrected chi connectivity index (χ4v) is 2.46. The molecule has 19 heavy (non-hydrogen) atoms. The molecule has 1 fully saturated rings. The number of carboxylic acid groups (broad SMARTS) is 1. The predicted molar refractivity (Wildman–Crippen MR) is 70.5 cm³/mol. The van der Waals surface area contributed by atoms with Gasteiger partial charge < -0.3 is 9.84 Å². The molecule has 0 aromatic heterocycles. The van der Waals surface area contributed by atoms with Crippen molar-refractivity contribution in [1.82, 2.24) is 0 Å². The zero-order valence-electron chi connectivity index (χ0n) is 11.0. The van der Waals surface area contributed by atoms with Gasteiger partial charge in [-0.3, -0.25) is 4.79 Å². The van der Waals surface area contributed by atoms with Gasteiger partial charge in [0.1, 0.15) is 11.5 Å². The van der Waals surface area contributed by atoms with Gasteiger partial charge in [0.05, 0.1) is 11.7 Å². The minimum atomic E-state index is -0.937. The van der Waals surface area contributed by atoms with Crippen LogP contribution in [0.5, 0.6) is 5.75 Å². The average Bonchev–Trinajstić information content (AvgIpc) is 2.40. The van der Waals surface area contributed by atoms with Crippen molar-refractivity contribution in [3.8, 4) is 5.75 Å². The summed E-state index contributed by atoms with van der Waals surface area (Å²) >= 11 is 0. The lowest BCUT2D eigenvalue weighted by Crippen LogP contribution is -2.27. The van der Waals surface area contributed by atoms with Crippen LogP contribution in [0.15, 0.2) is 24.3 Å². The molecular weight excluding hydrogens is 244 g/mol. The van der Waals surface area contributed by atoms with Crippen molar-refractivity contribution in [3.05, 3.63) is 29.8 Å². The molecule has 0 atom stereocenters. The molecule has 0 heterocycles. The standard InChI is InChI=1S/C15H18O4/c1-10(16)11-2-6-13(7-3-11)19-14-8-4-12(5-9-14)15(17)18/h4-5,8-9,11,13H,2-3,6-7H2,1H3,(H,17,18). The zero-order chi connectivity index (χ0) is 13.8. The summed E-state index contributed by atoms with van der Waals surface area (Å²) in [4.78, 5) is 22.0. The van der Waals surface area contributed by atoms with Gasteiger partial charge in [-0.1, -0.05) is 0 Å². The van der Waals surface area contributed by atoms with E-state index in [2.05, 4.69) is 0 Å². The third-order valence-electron chi connectivity index (χ3n) is 3.65. The molecule has 4 heteroatoms. The maximum Gasteiger partial charge on any atom is 0.335 e. The van der Waals surface area contributed by atoms with E-state index in [9.17, 15) is 9.59 Å². The van der Waals surface area contributed by atoms with E-state index < -0.39 is 5.97 Å². The normalized spacial score (nSPS) is 22.8. The fourth-order valence-electron chi connectivity index (χ4n) is 2.46. The molecular formula is C15H18O4. The van der Waals surface area contributed by atoms with Gasteiger partial charge in [-0.15, -0.1) is 0 Å². The third-order valence-corrected chi connectivity index (χ3v) is 3.65. The van der Waals surface area contributed by atoms with Gasteiger partial charge in [0.25, 0.3) is 0 Å². The van der Waals surface area contributed by atoms with E-state index in [0.717, 1.165) is 25.7 Å². The molecule has 1 aromatic carbocycles. The molecule has 1 saturated carbocycles. The van der Waals surface area contributed by atoms with Crippen LogP contribution < -0.4 is 4.74 Å². The van der Waals surface area contributed by atoms with Crippen LogP contribution in [0.1, 0.15) is 43.0 Å². The van der Waals surface area contributed by atoms with E-state index in [-0.39, 0.29) is 23.4 Å². The lowest BCUT2D eigenvalue weighted by molar-refractivity contribution is -0.122. The summed E-state index contributed by atoms with van der Waals surface area (Å²) in [7, 11) is 0. The lowest BCUT2D eigenvalue weighted by atomic mass is 9.85. The van der Waals surface area contributed by atoms with E-state index in [0.29, 0.717) is 5.75 Å². The van der Waals surface area contributed by atoms with Crippen LogP contribution in [-0.4, -0.2) is 23.0 Å². The molecule has 0 unspecified atom stereocenters. The number of rotatable bonds is 4. The van der Waals surface area contributed by atoms with Crippen molar-refractivity contribution in [1.29, 1.82) is 0 Å². The summed E-state index contributed by atoms with van der Waals surface area (Å²) in [5.41, 5.74) is 0.257. The Morgan fingerprint density at radius 3 is 2.16 bits per heavy atom. The van der Waals surface area contributed by atoms with Crippen LogP contribution in [0.25, 0.3) is 0 Å². The van der Waals surface area contributed by atoms with Crippen molar-refractivity contribution in [2.75, 3.05) is 0 Å². The highest BCUT2D eigenvalue weighted by atomic mass is 16.5. The second-order valence-electron chi connectivity index (χ2n) is 5.03. The summed E-state index contributed by atoms with van der Waals surface area (Å²) in [6.45, 7) is 1.65. The van der Waals surface area contributed by atoms with Crippen molar-refractivity contribution in [3.63, 3.8) is 0 Å². The lowest BCUT2D eigenvalue weighted by Gasteiger charge is -2.27. The monoisotopic (exact) mass is 262 g/mol. The molecule has 0 spiro atoms. The number of benzene rings is 1. The van der Waals surface area contributed by atoms with Crippen LogP contribution in [0, 0.1) is 5.92 Å². The number of hydrogen-bond donors (Lipinski definition) is 1. The first-order chi connectivity index (χ1) is 9.06. The number of Topliss-reactive ketones (excluding diaryl/α,β-unsaturated/α-hetero) is 1. The number of carbonyl (C=O) groups is 2. The molecule has 0 bridgehead atoms. The molecule has 1 aliphatic carbocycles. The third kappa shape index (κ3) is 3.56. The van der Waals surface area contributed by atoms with Gasteiger partial charge in [-0.05, 0) is 56.9 Å². The first-order valence-electron chi connectivity index (χ1n) is 6.56. The minimum Gasteiger partial charge on any atom is -0.490 e. The minimum absolute atomic E-state index is 0.131. The highest BCUT2D eigenvalue weighted by Gasteiger charge is 2.24. The second kappa shape index (κ2) is 5.87. The van der Waals surface area contributed by atoms with Crippen LogP contribution >= 0.6 is 0 Å². The highest BCUT2D eigenvalue weighted by Crippen LogP contribution is 2.28. The van der Waals surface area contributed by atoms with Crippen LogP contribution in [0.4, 0.5) is 0 Å². The maximum atomic E-state index is 11.3. The van der Waals surface area contributed by atoms with Gasteiger partial charge in [0.15, 0.2) is 0 Å². The van der Waals surface area contributed by atoms with Gasteiger partial charge in [0.2, 0.25) is 0 Å². The maximum absolute atomic E-state index is 11.3. The SMILES string of the molecule is CC(=O)C1CCC(Oc2ccc(C(=O)O)cc2)CC1. The number of carbonyl (C=O) groups excluding carboxylic acids is 1. The molecule has 102 valence electrons. The number of ether oxygens (including phenoxy) is 1. The van der Waals surface area contributed by atoms with Crippen molar-refractivity contribution in [2.45, 2.75) is 38.7 Å². The Morgan fingerprint density at radius 1 is 1.11 bits per heavy atom. The number of hydrogen-bond acceptors (Lipinski definition) is 3. The number of ketones is 1. The van der Waals surface area contributed by atoms with E-state index in [1.54, 1.807) is 31.2 Å². The Labute approximate surface area is 112 Å².